The molecule has 0 radical (unpaired) electrons. The monoisotopic (exact) mass is 468 g/mol. The number of carboxylic acid groups (broad SMARTS) is 1. The molecule has 13 heteroatoms. The number of hydrogen-bond acceptors (Lipinski definition) is 6. The minimum absolute atomic E-state index is 0.378. The lowest BCUT2D eigenvalue weighted by Gasteiger charge is -2.34. The molecule has 1 aliphatic heterocycles. The van der Waals surface area contributed by atoms with Crippen LogP contribution in [0.1, 0.15) is 0 Å². The fourth-order valence-electron chi connectivity index (χ4n) is 3.07. The molecule has 0 spiro atoms. The highest BCUT2D eigenvalue weighted by Gasteiger charge is 2.22. The number of nitrogens with zero attached hydrogens (tertiary/aromatic N) is 8. The van der Waals surface area contributed by atoms with Crippen LogP contribution in [0.3, 0.4) is 0 Å². The molecule has 30 heavy (non-hydrogen) atoms. The van der Waals surface area contributed by atoms with Gasteiger partial charge in [0, 0.05) is 50.4 Å². The summed E-state index contributed by atoms with van der Waals surface area (Å²) < 4.78 is 3.22. The maximum absolute atomic E-state index is 10.9. The van der Waals surface area contributed by atoms with E-state index in [2.05, 4.69) is 25.1 Å². The van der Waals surface area contributed by atoms with Gasteiger partial charge in [0.1, 0.15) is 21.3 Å². The molecule has 10 nitrogen and oxygen atoms in total. The first-order chi connectivity index (χ1) is 14.4. The zero-order valence-corrected chi connectivity index (χ0v) is 17.6. The van der Waals surface area contributed by atoms with Gasteiger partial charge in [0.2, 0.25) is 0 Å². The molecule has 1 N–H and O–H groups in total. The molecule has 1 fully saturated rings. The highest BCUT2D eigenvalue weighted by atomic mass is 35.5. The van der Waals surface area contributed by atoms with Gasteiger partial charge >= 0.3 is 6.09 Å². The summed E-state index contributed by atoms with van der Waals surface area (Å²) in [5.41, 5.74) is 1.34. The van der Waals surface area contributed by atoms with Crippen molar-refractivity contribution in [3.63, 3.8) is 0 Å². The number of aromatic nitrogens is 6. The standard InChI is InChI=1S/C11H12ClN5O2.C6H3Cl2N3/c12-8-7-10(17-9(14-8)1-2-13-17)15-3-5-16(6-4-15)11(18)19;7-4-3-5(8)11-6(10-4)1-2-9-11/h1-2,7H,3-6H2,(H,18,19);1-3H. The van der Waals surface area contributed by atoms with Crippen molar-refractivity contribution < 1.29 is 9.90 Å². The zero-order chi connectivity index (χ0) is 21.3. The van der Waals surface area contributed by atoms with E-state index in [1.807, 2.05) is 0 Å². The predicted molar refractivity (Wildman–Crippen MR) is 113 cm³/mol. The molecule has 0 unspecified atom stereocenters. The van der Waals surface area contributed by atoms with E-state index in [-0.39, 0.29) is 0 Å². The molecule has 4 aromatic heterocycles. The van der Waals surface area contributed by atoms with Gasteiger partial charge in [0.15, 0.2) is 11.3 Å². The van der Waals surface area contributed by atoms with Gasteiger partial charge in [-0.25, -0.2) is 19.3 Å². The first-order valence-corrected chi connectivity index (χ1v) is 9.94. The molecule has 5 rings (SSSR count). The molecular formula is C17H15Cl3N8O2. The van der Waals surface area contributed by atoms with E-state index in [4.69, 9.17) is 39.9 Å². The first-order valence-electron chi connectivity index (χ1n) is 8.81. The van der Waals surface area contributed by atoms with Crippen molar-refractivity contribution in [2.45, 2.75) is 0 Å². The topological polar surface area (TPSA) is 104 Å². The van der Waals surface area contributed by atoms with Crippen LogP contribution >= 0.6 is 34.8 Å². The Morgan fingerprint density at radius 3 is 2.07 bits per heavy atom. The Morgan fingerprint density at radius 1 is 0.867 bits per heavy atom. The van der Waals surface area contributed by atoms with Crippen LogP contribution in [-0.4, -0.2) is 71.5 Å². The maximum atomic E-state index is 10.9. The van der Waals surface area contributed by atoms with Crippen LogP contribution in [0.5, 0.6) is 0 Å². The summed E-state index contributed by atoms with van der Waals surface area (Å²) in [6.07, 6.45) is 2.40. The number of halogens is 3. The van der Waals surface area contributed by atoms with Crippen molar-refractivity contribution in [3.8, 4) is 0 Å². The van der Waals surface area contributed by atoms with Gasteiger partial charge in [-0.05, 0) is 0 Å². The molecule has 156 valence electrons. The largest absolute Gasteiger partial charge is 0.465 e. The summed E-state index contributed by atoms with van der Waals surface area (Å²) in [7, 11) is 0. The van der Waals surface area contributed by atoms with Crippen molar-refractivity contribution in [1.29, 1.82) is 0 Å². The van der Waals surface area contributed by atoms with Gasteiger partial charge in [-0.15, -0.1) is 0 Å². The lowest BCUT2D eigenvalue weighted by Crippen LogP contribution is -2.48. The molecule has 1 aliphatic rings. The van der Waals surface area contributed by atoms with E-state index in [0.29, 0.717) is 52.9 Å². The van der Waals surface area contributed by atoms with E-state index in [0.717, 1.165) is 5.82 Å². The summed E-state index contributed by atoms with van der Waals surface area (Å²) in [5.74, 6) is 0.838. The second kappa shape index (κ2) is 8.50. The summed E-state index contributed by atoms with van der Waals surface area (Å²) in [6, 6.07) is 6.81. The van der Waals surface area contributed by atoms with E-state index in [1.165, 1.54) is 9.42 Å². The van der Waals surface area contributed by atoms with Crippen LogP contribution in [-0.2, 0) is 0 Å². The third kappa shape index (κ3) is 4.20. The van der Waals surface area contributed by atoms with Gasteiger partial charge < -0.3 is 14.9 Å². The zero-order valence-electron chi connectivity index (χ0n) is 15.4. The quantitative estimate of drug-likeness (QED) is 0.427. The number of rotatable bonds is 1. The number of amides is 1. The van der Waals surface area contributed by atoms with Crippen LogP contribution in [0.4, 0.5) is 10.6 Å². The van der Waals surface area contributed by atoms with Gasteiger partial charge in [-0.2, -0.15) is 14.7 Å². The van der Waals surface area contributed by atoms with Crippen LogP contribution in [0.2, 0.25) is 15.5 Å². The SMILES string of the molecule is Clc1cc(Cl)n2nccc2n1.O=C(O)N1CCN(c2cc(Cl)nc3ccnn23)CC1. The Bertz CT molecular complexity index is 1200. The highest BCUT2D eigenvalue weighted by molar-refractivity contribution is 6.33. The number of carbonyl (C=O) groups is 1. The minimum Gasteiger partial charge on any atom is -0.465 e. The lowest BCUT2D eigenvalue weighted by atomic mass is 10.3. The normalized spacial score (nSPS) is 14.1. The number of fused-ring (bicyclic) bond motifs is 2. The van der Waals surface area contributed by atoms with Crippen LogP contribution in [0.25, 0.3) is 11.3 Å². The lowest BCUT2D eigenvalue weighted by molar-refractivity contribution is 0.142. The van der Waals surface area contributed by atoms with Crippen LogP contribution < -0.4 is 4.90 Å². The average Bonchev–Trinajstić information content (AvgIpc) is 3.37. The smallest absolute Gasteiger partial charge is 0.407 e. The molecule has 0 bridgehead atoms. The molecule has 5 heterocycles. The van der Waals surface area contributed by atoms with Gasteiger partial charge in [-0.3, -0.25) is 0 Å². The van der Waals surface area contributed by atoms with Gasteiger partial charge in [-0.1, -0.05) is 34.8 Å². The third-order valence-corrected chi connectivity index (χ3v) is 5.12. The fourth-order valence-corrected chi connectivity index (χ4v) is 3.73. The Kier molecular flexibility index (Phi) is 5.80. The Morgan fingerprint density at radius 2 is 1.43 bits per heavy atom. The molecule has 4 aromatic rings. The molecule has 1 amide bonds. The summed E-state index contributed by atoms with van der Waals surface area (Å²) >= 11 is 17.4. The Balaban J connectivity index is 0.000000168. The molecular weight excluding hydrogens is 455 g/mol. The predicted octanol–water partition coefficient (Wildman–Crippen LogP) is 3.22. The second-order valence-electron chi connectivity index (χ2n) is 6.30. The number of anilines is 1. The summed E-state index contributed by atoms with van der Waals surface area (Å²) in [4.78, 5) is 22.5. The van der Waals surface area contributed by atoms with Crippen molar-refractivity contribution in [2.24, 2.45) is 0 Å². The van der Waals surface area contributed by atoms with E-state index in [9.17, 15) is 4.79 Å². The van der Waals surface area contributed by atoms with Crippen molar-refractivity contribution >= 4 is 58.0 Å². The van der Waals surface area contributed by atoms with Crippen LogP contribution in [0, 0.1) is 0 Å². The van der Waals surface area contributed by atoms with Crippen molar-refractivity contribution in [3.05, 3.63) is 52.1 Å². The Hall–Kier alpha value is -2.82. The third-order valence-electron chi connectivity index (χ3n) is 4.47. The van der Waals surface area contributed by atoms with Gasteiger partial charge in [0.05, 0.1) is 12.4 Å². The Labute approximate surface area is 185 Å². The highest BCUT2D eigenvalue weighted by Crippen LogP contribution is 2.21. The van der Waals surface area contributed by atoms with E-state index >= 15 is 0 Å². The second-order valence-corrected chi connectivity index (χ2v) is 7.46. The fraction of sp³-hybridized carbons (Fsp3) is 0.235. The molecule has 0 atom stereocenters. The first kappa shape index (κ1) is 20.5. The molecule has 0 aromatic carbocycles. The maximum Gasteiger partial charge on any atom is 0.407 e. The average molecular weight is 470 g/mol. The van der Waals surface area contributed by atoms with Gasteiger partial charge in [0.25, 0.3) is 0 Å². The van der Waals surface area contributed by atoms with E-state index < -0.39 is 6.09 Å². The van der Waals surface area contributed by atoms with Crippen LogP contribution in [0.15, 0.2) is 36.7 Å². The number of piperazine rings is 1. The molecule has 0 aliphatic carbocycles. The van der Waals surface area contributed by atoms with E-state index in [1.54, 1.807) is 41.2 Å². The molecule has 1 saturated heterocycles. The van der Waals surface area contributed by atoms with Crippen molar-refractivity contribution in [1.82, 2.24) is 34.1 Å². The van der Waals surface area contributed by atoms with Crippen molar-refractivity contribution in [2.75, 3.05) is 31.1 Å². The minimum atomic E-state index is -0.878. The summed E-state index contributed by atoms with van der Waals surface area (Å²) in [6.45, 7) is 2.17. The summed E-state index contributed by atoms with van der Waals surface area (Å²) in [5, 5.41) is 18.3. The number of hydrogen-bond donors (Lipinski definition) is 1. The molecule has 0 saturated carbocycles.